The van der Waals surface area contributed by atoms with Gasteiger partial charge in [0, 0.05) is 52.9 Å². The van der Waals surface area contributed by atoms with E-state index in [9.17, 15) is 4.79 Å². The van der Waals surface area contributed by atoms with Crippen molar-refractivity contribution in [3.05, 3.63) is 0 Å². The summed E-state index contributed by atoms with van der Waals surface area (Å²) in [5.74, 6) is 0.837. The normalized spacial score (nSPS) is 31.4. The van der Waals surface area contributed by atoms with Crippen molar-refractivity contribution in [2.75, 3.05) is 46.9 Å². The number of hydrogen-bond donors (Lipinski definition) is 0. The quantitative estimate of drug-likeness (QED) is 0.761. The molecule has 0 unspecified atom stereocenters. The van der Waals surface area contributed by atoms with E-state index in [1.54, 1.807) is 4.90 Å². The number of hydrogen-bond acceptors (Lipinski definition) is 3. The number of nitrogens with zero attached hydrogens (tertiary/aromatic N) is 3. The second-order valence-corrected chi connectivity index (χ2v) is 6.41. The highest BCUT2D eigenvalue weighted by Gasteiger charge is 2.38. The average Bonchev–Trinajstić information content (AvgIpc) is 3.13. The van der Waals surface area contributed by atoms with Crippen molar-refractivity contribution in [2.45, 2.75) is 31.4 Å². The molecular weight excluding hydrogens is 242 g/mol. The Balaban J connectivity index is 1.49. The molecule has 19 heavy (non-hydrogen) atoms. The predicted molar refractivity (Wildman–Crippen MR) is 73.1 cm³/mol. The molecule has 5 heteroatoms. The molecule has 1 aliphatic carbocycles. The van der Waals surface area contributed by atoms with E-state index in [-0.39, 0.29) is 6.03 Å². The second-order valence-electron chi connectivity index (χ2n) is 6.41. The summed E-state index contributed by atoms with van der Waals surface area (Å²) in [5, 5.41) is 0. The first-order valence-corrected chi connectivity index (χ1v) is 7.45. The van der Waals surface area contributed by atoms with Crippen LogP contribution in [0, 0.1) is 5.92 Å². The van der Waals surface area contributed by atoms with Gasteiger partial charge in [0.1, 0.15) is 0 Å². The van der Waals surface area contributed by atoms with E-state index in [2.05, 4.69) is 4.90 Å². The van der Waals surface area contributed by atoms with E-state index >= 15 is 0 Å². The number of fused-ring (bicyclic) bond motifs is 1. The molecule has 2 amide bonds. The molecule has 0 radical (unpaired) electrons. The van der Waals surface area contributed by atoms with Gasteiger partial charge in [-0.2, -0.15) is 0 Å². The van der Waals surface area contributed by atoms with Gasteiger partial charge < -0.3 is 14.5 Å². The third kappa shape index (κ3) is 3.03. The Morgan fingerprint density at radius 1 is 1.26 bits per heavy atom. The van der Waals surface area contributed by atoms with Crippen LogP contribution in [0.2, 0.25) is 0 Å². The van der Waals surface area contributed by atoms with Gasteiger partial charge in [-0.3, -0.25) is 4.90 Å². The van der Waals surface area contributed by atoms with Gasteiger partial charge in [0.05, 0.1) is 6.10 Å². The molecule has 0 bridgehead atoms. The molecule has 2 atom stereocenters. The van der Waals surface area contributed by atoms with Crippen molar-refractivity contribution in [1.29, 1.82) is 0 Å². The molecule has 2 saturated heterocycles. The zero-order valence-electron chi connectivity index (χ0n) is 12.0. The van der Waals surface area contributed by atoms with Gasteiger partial charge in [-0.15, -0.1) is 0 Å². The minimum absolute atomic E-state index is 0.141. The lowest BCUT2D eigenvalue weighted by Gasteiger charge is -2.38. The molecular formula is C14H25N3O2. The third-order valence-electron chi connectivity index (χ3n) is 4.50. The molecule has 1 saturated carbocycles. The maximum Gasteiger partial charge on any atom is 0.319 e. The van der Waals surface area contributed by atoms with Gasteiger partial charge >= 0.3 is 6.03 Å². The average molecular weight is 267 g/mol. The van der Waals surface area contributed by atoms with Gasteiger partial charge in [-0.25, -0.2) is 4.79 Å². The highest BCUT2D eigenvalue weighted by molar-refractivity contribution is 5.74. The minimum Gasteiger partial charge on any atom is -0.377 e. The van der Waals surface area contributed by atoms with Crippen LogP contribution in [0.15, 0.2) is 0 Å². The summed E-state index contributed by atoms with van der Waals surface area (Å²) in [4.78, 5) is 18.1. The summed E-state index contributed by atoms with van der Waals surface area (Å²) in [6.45, 7) is 4.71. The molecule has 2 heterocycles. The fourth-order valence-electron chi connectivity index (χ4n) is 3.13. The van der Waals surface area contributed by atoms with Gasteiger partial charge in [-0.1, -0.05) is 0 Å². The van der Waals surface area contributed by atoms with Gasteiger partial charge in [0.15, 0.2) is 0 Å². The first-order chi connectivity index (χ1) is 9.13. The Morgan fingerprint density at radius 3 is 2.74 bits per heavy atom. The first kappa shape index (κ1) is 13.2. The first-order valence-electron chi connectivity index (χ1n) is 7.45. The molecule has 0 aromatic rings. The summed E-state index contributed by atoms with van der Waals surface area (Å²) in [6, 6.07) is 0.642. The monoisotopic (exact) mass is 267 g/mol. The zero-order valence-corrected chi connectivity index (χ0v) is 12.0. The topological polar surface area (TPSA) is 36.0 Å². The van der Waals surface area contributed by atoms with Crippen LogP contribution >= 0.6 is 0 Å². The second kappa shape index (κ2) is 5.29. The largest absolute Gasteiger partial charge is 0.377 e. The number of urea groups is 1. The van der Waals surface area contributed by atoms with E-state index in [1.807, 2.05) is 19.0 Å². The van der Waals surface area contributed by atoms with Crippen molar-refractivity contribution in [3.63, 3.8) is 0 Å². The van der Waals surface area contributed by atoms with Crippen molar-refractivity contribution in [3.8, 4) is 0 Å². The van der Waals surface area contributed by atoms with Gasteiger partial charge in [-0.05, 0) is 25.2 Å². The fraction of sp³-hybridized carbons (Fsp3) is 0.929. The summed E-state index contributed by atoms with van der Waals surface area (Å²) >= 11 is 0. The highest BCUT2D eigenvalue weighted by atomic mass is 16.5. The SMILES string of the molecule is CN(C)C(=O)N1CCN2C[C@H](OCC3CC3)C[C@H]2C1. The van der Waals surface area contributed by atoms with E-state index < -0.39 is 0 Å². The molecule has 5 nitrogen and oxygen atoms in total. The van der Waals surface area contributed by atoms with Gasteiger partial charge in [0.2, 0.25) is 0 Å². The number of amides is 2. The van der Waals surface area contributed by atoms with Crippen LogP contribution in [0.5, 0.6) is 0 Å². The maximum atomic E-state index is 12.0. The van der Waals surface area contributed by atoms with Crippen molar-refractivity contribution in [2.24, 2.45) is 5.92 Å². The summed E-state index contributed by atoms with van der Waals surface area (Å²) in [5.41, 5.74) is 0. The minimum atomic E-state index is 0.141. The van der Waals surface area contributed by atoms with Crippen molar-refractivity contribution in [1.82, 2.24) is 14.7 Å². The van der Waals surface area contributed by atoms with Crippen molar-refractivity contribution < 1.29 is 9.53 Å². The van der Waals surface area contributed by atoms with Gasteiger partial charge in [0.25, 0.3) is 0 Å². The van der Waals surface area contributed by atoms with Crippen LogP contribution in [-0.2, 0) is 4.74 Å². The van der Waals surface area contributed by atoms with Crippen LogP contribution in [-0.4, -0.2) is 79.8 Å². The lowest BCUT2D eigenvalue weighted by Crippen LogP contribution is -2.54. The number of piperazine rings is 1. The summed E-state index contributed by atoms with van der Waals surface area (Å²) in [6.07, 6.45) is 4.18. The van der Waals surface area contributed by atoms with Crippen LogP contribution in [0.25, 0.3) is 0 Å². The molecule has 108 valence electrons. The predicted octanol–water partition coefficient (Wildman–Crippen LogP) is 0.853. The third-order valence-corrected chi connectivity index (χ3v) is 4.50. The summed E-state index contributed by atoms with van der Waals surface area (Å²) < 4.78 is 6.01. The summed E-state index contributed by atoms with van der Waals surface area (Å²) in [7, 11) is 3.65. The van der Waals surface area contributed by atoms with Crippen LogP contribution in [0.3, 0.4) is 0 Å². The molecule has 0 aromatic carbocycles. The molecule has 0 spiro atoms. The van der Waals surface area contributed by atoms with Crippen LogP contribution in [0.1, 0.15) is 19.3 Å². The van der Waals surface area contributed by atoms with E-state index in [1.165, 1.54) is 12.8 Å². The van der Waals surface area contributed by atoms with E-state index in [0.29, 0.717) is 12.1 Å². The van der Waals surface area contributed by atoms with Crippen LogP contribution in [0.4, 0.5) is 4.79 Å². The van der Waals surface area contributed by atoms with E-state index in [0.717, 1.165) is 45.1 Å². The zero-order chi connectivity index (χ0) is 13.4. The molecule has 2 aliphatic heterocycles. The van der Waals surface area contributed by atoms with E-state index in [4.69, 9.17) is 4.74 Å². The number of rotatable bonds is 3. The molecule has 3 rings (SSSR count). The highest BCUT2D eigenvalue weighted by Crippen LogP contribution is 2.31. The molecule has 3 fully saturated rings. The Kier molecular flexibility index (Phi) is 3.67. The Labute approximate surface area is 115 Å². The lowest BCUT2D eigenvalue weighted by atomic mass is 10.1. The number of carbonyl (C=O) groups is 1. The van der Waals surface area contributed by atoms with Crippen molar-refractivity contribution >= 4 is 6.03 Å². The molecule has 3 aliphatic rings. The standard InChI is InChI=1S/C14H25N3O2/c1-15(2)14(18)17-6-5-16-9-13(7-12(16)8-17)19-10-11-3-4-11/h11-13H,3-10H2,1-2H3/t12-,13+/m0/s1. The Hall–Kier alpha value is -0.810. The Morgan fingerprint density at radius 2 is 2.05 bits per heavy atom. The molecule has 0 aromatic heterocycles. The smallest absolute Gasteiger partial charge is 0.319 e. The van der Waals surface area contributed by atoms with Crippen LogP contribution < -0.4 is 0 Å². The maximum absolute atomic E-state index is 12.0. The number of carbonyl (C=O) groups excluding carboxylic acids is 1. The number of ether oxygens (including phenoxy) is 1. The fourth-order valence-corrected chi connectivity index (χ4v) is 3.13. The lowest BCUT2D eigenvalue weighted by molar-refractivity contribution is 0.0513. The Bertz CT molecular complexity index is 344. The molecule has 0 N–H and O–H groups in total.